The fourth-order valence-corrected chi connectivity index (χ4v) is 5.50. The Morgan fingerprint density at radius 1 is 0.923 bits per heavy atom. The molecule has 5 rings (SSSR count). The predicted octanol–water partition coefficient (Wildman–Crippen LogP) is 3.45. The number of nitrogens with zero attached hydrogens (tertiary/aromatic N) is 5. The molecule has 2 aliphatic heterocycles. The zero-order valence-corrected chi connectivity index (χ0v) is 15.5. The second-order valence-corrected chi connectivity index (χ2v) is 9.09. The maximum absolute atomic E-state index is 11.7. The summed E-state index contributed by atoms with van der Waals surface area (Å²) in [5.74, 6) is 1.25. The first-order valence-electron chi connectivity index (χ1n) is 10.0. The van der Waals surface area contributed by atoms with Crippen molar-refractivity contribution in [2.45, 2.75) is 58.3 Å². The van der Waals surface area contributed by atoms with Gasteiger partial charge in [0.05, 0.1) is 4.92 Å². The van der Waals surface area contributed by atoms with E-state index in [-0.39, 0.29) is 10.6 Å². The largest absolute Gasteiger partial charge is 0.350 e. The van der Waals surface area contributed by atoms with E-state index in [0.717, 1.165) is 32.6 Å². The summed E-state index contributed by atoms with van der Waals surface area (Å²) in [6.07, 6.45) is 10.1. The summed E-state index contributed by atoms with van der Waals surface area (Å²) in [5.41, 5.74) is 1.45. The Bertz CT molecular complexity index is 757. The summed E-state index contributed by atoms with van der Waals surface area (Å²) in [6, 6.07) is 0. The molecule has 4 fully saturated rings. The third-order valence-electron chi connectivity index (χ3n) is 7.50. The molecule has 2 aliphatic carbocycles. The van der Waals surface area contributed by atoms with E-state index in [0.29, 0.717) is 28.3 Å². The molecule has 2 spiro atoms. The monoisotopic (exact) mass is 357 g/mol. The highest BCUT2D eigenvalue weighted by atomic mass is 16.6. The molecule has 0 radical (unpaired) electrons. The van der Waals surface area contributed by atoms with E-state index in [2.05, 4.69) is 14.8 Å². The van der Waals surface area contributed by atoms with Gasteiger partial charge in [0.2, 0.25) is 11.8 Å². The van der Waals surface area contributed by atoms with Crippen molar-refractivity contribution in [1.29, 1.82) is 0 Å². The highest BCUT2D eigenvalue weighted by Crippen LogP contribution is 2.51. The van der Waals surface area contributed by atoms with E-state index in [1.807, 2.05) is 0 Å². The SMILES string of the molecule is Cc1nc(N2CCC3(CCC3)C2)nc(N2CCC3(CCC3)C2)c1[N+](=O)[O-]. The summed E-state index contributed by atoms with van der Waals surface area (Å²) in [6.45, 7) is 5.53. The Balaban J connectivity index is 1.48. The molecular formula is C19H27N5O2. The van der Waals surface area contributed by atoms with Crippen molar-refractivity contribution >= 4 is 17.5 Å². The third-order valence-corrected chi connectivity index (χ3v) is 7.50. The minimum absolute atomic E-state index is 0.0997. The molecule has 1 aromatic rings. The van der Waals surface area contributed by atoms with Gasteiger partial charge in [0.25, 0.3) is 0 Å². The van der Waals surface area contributed by atoms with E-state index in [9.17, 15) is 10.1 Å². The summed E-state index contributed by atoms with van der Waals surface area (Å²) >= 11 is 0. The summed E-state index contributed by atoms with van der Waals surface area (Å²) in [4.78, 5) is 25.2. The molecule has 3 heterocycles. The van der Waals surface area contributed by atoms with Gasteiger partial charge in [-0.15, -0.1) is 0 Å². The van der Waals surface area contributed by atoms with Crippen molar-refractivity contribution in [3.63, 3.8) is 0 Å². The lowest BCUT2D eigenvalue weighted by Gasteiger charge is -2.38. The van der Waals surface area contributed by atoms with Crippen LogP contribution in [0.4, 0.5) is 17.5 Å². The quantitative estimate of drug-likeness (QED) is 0.609. The maximum Gasteiger partial charge on any atom is 0.332 e. The number of hydrogen-bond donors (Lipinski definition) is 0. The normalized spacial score (nSPS) is 25.6. The van der Waals surface area contributed by atoms with E-state index < -0.39 is 0 Å². The third kappa shape index (κ3) is 2.39. The molecule has 1 aromatic heterocycles. The van der Waals surface area contributed by atoms with E-state index in [4.69, 9.17) is 4.98 Å². The minimum Gasteiger partial charge on any atom is -0.350 e. The average Bonchev–Trinajstić information content (AvgIpc) is 3.18. The van der Waals surface area contributed by atoms with Crippen LogP contribution in [0.3, 0.4) is 0 Å². The van der Waals surface area contributed by atoms with Crippen molar-refractivity contribution < 1.29 is 4.92 Å². The van der Waals surface area contributed by atoms with Crippen LogP contribution in [0.5, 0.6) is 0 Å². The van der Waals surface area contributed by atoms with Crippen LogP contribution in [-0.2, 0) is 0 Å². The molecule has 0 bridgehead atoms. The second-order valence-electron chi connectivity index (χ2n) is 9.09. The van der Waals surface area contributed by atoms with Crippen molar-refractivity contribution in [1.82, 2.24) is 9.97 Å². The van der Waals surface area contributed by atoms with E-state index in [1.165, 1.54) is 44.9 Å². The maximum atomic E-state index is 11.7. The molecule has 140 valence electrons. The molecule has 0 aromatic carbocycles. The zero-order valence-electron chi connectivity index (χ0n) is 15.5. The van der Waals surface area contributed by atoms with Crippen molar-refractivity contribution in [3.05, 3.63) is 15.8 Å². The molecular weight excluding hydrogens is 330 g/mol. The van der Waals surface area contributed by atoms with Gasteiger partial charge in [-0.05, 0) is 56.3 Å². The molecule has 0 atom stereocenters. The lowest BCUT2D eigenvalue weighted by molar-refractivity contribution is -0.385. The first-order valence-corrected chi connectivity index (χ1v) is 10.0. The number of nitro groups is 1. The molecule has 26 heavy (non-hydrogen) atoms. The Morgan fingerprint density at radius 2 is 1.50 bits per heavy atom. The van der Waals surface area contributed by atoms with Crippen LogP contribution in [0.2, 0.25) is 0 Å². The topological polar surface area (TPSA) is 75.4 Å². The summed E-state index contributed by atoms with van der Waals surface area (Å²) in [5, 5.41) is 11.7. The molecule has 2 saturated heterocycles. The predicted molar refractivity (Wildman–Crippen MR) is 99.7 cm³/mol. The van der Waals surface area contributed by atoms with Gasteiger partial charge in [0, 0.05) is 26.2 Å². The van der Waals surface area contributed by atoms with Crippen LogP contribution in [0.15, 0.2) is 0 Å². The van der Waals surface area contributed by atoms with Gasteiger partial charge in [-0.25, -0.2) is 4.98 Å². The number of rotatable bonds is 3. The number of aryl methyl sites for hydroxylation is 1. The zero-order chi connectivity index (χ0) is 17.9. The highest BCUT2D eigenvalue weighted by Gasteiger charge is 2.46. The van der Waals surface area contributed by atoms with Crippen LogP contribution in [0, 0.1) is 27.9 Å². The van der Waals surface area contributed by atoms with Gasteiger partial charge >= 0.3 is 5.69 Å². The molecule has 2 saturated carbocycles. The molecule has 0 unspecified atom stereocenters. The first-order chi connectivity index (χ1) is 12.5. The fourth-order valence-electron chi connectivity index (χ4n) is 5.50. The van der Waals surface area contributed by atoms with Crippen LogP contribution >= 0.6 is 0 Å². The highest BCUT2D eigenvalue weighted by molar-refractivity contribution is 5.63. The van der Waals surface area contributed by atoms with Gasteiger partial charge in [-0.2, -0.15) is 4.98 Å². The van der Waals surface area contributed by atoms with Crippen molar-refractivity contribution in [2.75, 3.05) is 36.0 Å². The molecule has 0 amide bonds. The number of hydrogen-bond acceptors (Lipinski definition) is 6. The minimum atomic E-state index is -0.294. The number of aromatic nitrogens is 2. The number of anilines is 2. The van der Waals surface area contributed by atoms with Crippen molar-refractivity contribution in [3.8, 4) is 0 Å². The van der Waals surface area contributed by atoms with E-state index in [1.54, 1.807) is 6.92 Å². The van der Waals surface area contributed by atoms with Gasteiger partial charge < -0.3 is 9.80 Å². The standard InChI is InChI=1S/C19H27N5O2/c1-14-15(24(25)26)16(22-10-8-18(12-22)4-2-5-18)21-17(20-14)23-11-9-19(13-23)6-3-7-19/h2-13H2,1H3. The Hall–Kier alpha value is -1.92. The van der Waals surface area contributed by atoms with Crippen LogP contribution in [-0.4, -0.2) is 41.1 Å². The molecule has 7 nitrogen and oxygen atoms in total. The Kier molecular flexibility index (Phi) is 3.46. The van der Waals surface area contributed by atoms with Crippen molar-refractivity contribution in [2.24, 2.45) is 10.8 Å². The summed E-state index contributed by atoms with van der Waals surface area (Å²) < 4.78 is 0. The van der Waals surface area contributed by atoms with Gasteiger partial charge in [-0.1, -0.05) is 12.8 Å². The fraction of sp³-hybridized carbons (Fsp3) is 0.789. The van der Waals surface area contributed by atoms with E-state index >= 15 is 0 Å². The van der Waals surface area contributed by atoms with Crippen LogP contribution in [0.25, 0.3) is 0 Å². The summed E-state index contributed by atoms with van der Waals surface area (Å²) in [7, 11) is 0. The lowest BCUT2D eigenvalue weighted by atomic mass is 9.68. The Morgan fingerprint density at radius 3 is 2.00 bits per heavy atom. The first kappa shape index (κ1) is 16.3. The molecule has 4 aliphatic rings. The smallest absolute Gasteiger partial charge is 0.332 e. The molecule has 7 heteroatoms. The van der Waals surface area contributed by atoms with Gasteiger partial charge in [-0.3, -0.25) is 10.1 Å². The van der Waals surface area contributed by atoms with Gasteiger partial charge in [0.15, 0.2) is 0 Å². The second kappa shape index (κ2) is 5.54. The average molecular weight is 357 g/mol. The van der Waals surface area contributed by atoms with Gasteiger partial charge in [0.1, 0.15) is 5.69 Å². The van der Waals surface area contributed by atoms with Crippen LogP contribution in [0.1, 0.15) is 57.1 Å². The van der Waals surface area contributed by atoms with Crippen LogP contribution < -0.4 is 9.80 Å². The Labute approximate surface area is 153 Å². The lowest BCUT2D eigenvalue weighted by Crippen LogP contribution is -2.35. The molecule has 0 N–H and O–H groups in total.